The van der Waals surface area contributed by atoms with Crippen molar-refractivity contribution < 1.29 is 14.3 Å². The van der Waals surface area contributed by atoms with Crippen molar-refractivity contribution in [1.29, 1.82) is 0 Å². The first-order chi connectivity index (χ1) is 8.63. The van der Waals surface area contributed by atoms with Crippen molar-refractivity contribution in [2.24, 2.45) is 0 Å². The van der Waals surface area contributed by atoms with Crippen LogP contribution in [0.4, 0.5) is 4.39 Å². The summed E-state index contributed by atoms with van der Waals surface area (Å²) in [6, 6.07) is 6.04. The molecule has 1 aromatic carbocycles. The summed E-state index contributed by atoms with van der Waals surface area (Å²) in [5, 5.41) is 12.1. The van der Waals surface area contributed by atoms with Crippen LogP contribution in [0.25, 0.3) is 0 Å². The highest BCUT2D eigenvalue weighted by Crippen LogP contribution is 2.07. The van der Waals surface area contributed by atoms with E-state index in [1.807, 2.05) is 4.90 Å². The summed E-state index contributed by atoms with van der Waals surface area (Å²) in [4.78, 5) is 13.6. The van der Waals surface area contributed by atoms with Crippen molar-refractivity contribution in [2.75, 3.05) is 19.6 Å². The standard InChI is InChI=1S/C13H17FN2O2/c14-11-3-1-10(2-4-11)7-15-13(18)9-16-6-5-12(17)8-16/h1-4,12,17H,5-9H2,(H,15,18). The fraction of sp³-hybridized carbons (Fsp3) is 0.462. The second-order valence-electron chi connectivity index (χ2n) is 4.58. The molecule has 0 aromatic heterocycles. The van der Waals surface area contributed by atoms with Gasteiger partial charge in [0.25, 0.3) is 0 Å². The smallest absolute Gasteiger partial charge is 0.234 e. The van der Waals surface area contributed by atoms with E-state index in [9.17, 15) is 14.3 Å². The van der Waals surface area contributed by atoms with Crippen LogP contribution in [-0.4, -0.2) is 41.7 Å². The van der Waals surface area contributed by atoms with Gasteiger partial charge in [-0.3, -0.25) is 9.69 Å². The number of benzene rings is 1. The summed E-state index contributed by atoms with van der Waals surface area (Å²) in [5.74, 6) is -0.357. The van der Waals surface area contributed by atoms with Crippen LogP contribution in [0.15, 0.2) is 24.3 Å². The van der Waals surface area contributed by atoms with E-state index in [1.165, 1.54) is 12.1 Å². The zero-order valence-corrected chi connectivity index (χ0v) is 10.1. The Kier molecular flexibility index (Phi) is 4.28. The second-order valence-corrected chi connectivity index (χ2v) is 4.58. The van der Waals surface area contributed by atoms with E-state index in [0.29, 0.717) is 19.6 Å². The first-order valence-electron chi connectivity index (χ1n) is 6.05. The Labute approximate surface area is 105 Å². The quantitative estimate of drug-likeness (QED) is 0.821. The highest BCUT2D eigenvalue weighted by atomic mass is 19.1. The number of nitrogens with zero attached hydrogens (tertiary/aromatic N) is 1. The summed E-state index contributed by atoms with van der Waals surface area (Å²) in [5.41, 5.74) is 0.867. The molecule has 1 aromatic rings. The van der Waals surface area contributed by atoms with Gasteiger partial charge in [0, 0.05) is 19.6 Å². The molecule has 0 spiro atoms. The molecule has 2 N–H and O–H groups in total. The van der Waals surface area contributed by atoms with E-state index < -0.39 is 0 Å². The number of carbonyl (C=O) groups is 1. The zero-order valence-electron chi connectivity index (χ0n) is 10.1. The number of carbonyl (C=O) groups excluding carboxylic acids is 1. The zero-order chi connectivity index (χ0) is 13.0. The molecule has 0 saturated carbocycles. The first kappa shape index (κ1) is 13.0. The largest absolute Gasteiger partial charge is 0.392 e. The van der Waals surface area contributed by atoms with E-state index in [-0.39, 0.29) is 17.8 Å². The van der Waals surface area contributed by atoms with Gasteiger partial charge in [-0.25, -0.2) is 4.39 Å². The monoisotopic (exact) mass is 252 g/mol. The molecule has 1 unspecified atom stereocenters. The normalized spacial score (nSPS) is 20.0. The Bertz CT molecular complexity index is 408. The van der Waals surface area contributed by atoms with E-state index in [2.05, 4.69) is 5.32 Å². The van der Waals surface area contributed by atoms with Crippen LogP contribution < -0.4 is 5.32 Å². The van der Waals surface area contributed by atoms with Crippen LogP contribution in [0.2, 0.25) is 0 Å². The SMILES string of the molecule is O=C(CN1CCC(O)C1)NCc1ccc(F)cc1. The van der Waals surface area contributed by atoms with Crippen molar-refractivity contribution in [1.82, 2.24) is 10.2 Å². The maximum atomic E-state index is 12.7. The minimum absolute atomic E-state index is 0.0755. The van der Waals surface area contributed by atoms with Gasteiger partial charge in [-0.1, -0.05) is 12.1 Å². The Morgan fingerprint density at radius 1 is 1.44 bits per heavy atom. The molecule has 5 heteroatoms. The van der Waals surface area contributed by atoms with Crippen molar-refractivity contribution in [3.05, 3.63) is 35.6 Å². The van der Waals surface area contributed by atoms with Crippen LogP contribution in [-0.2, 0) is 11.3 Å². The molecule has 4 nitrogen and oxygen atoms in total. The fourth-order valence-electron chi connectivity index (χ4n) is 2.02. The summed E-state index contributed by atoms with van der Waals surface area (Å²) in [7, 11) is 0. The fourth-order valence-corrected chi connectivity index (χ4v) is 2.02. The lowest BCUT2D eigenvalue weighted by Gasteiger charge is -2.14. The number of nitrogens with one attached hydrogen (secondary N) is 1. The molecule has 18 heavy (non-hydrogen) atoms. The molecule has 1 aliphatic rings. The number of amides is 1. The third kappa shape index (κ3) is 3.78. The van der Waals surface area contributed by atoms with Crippen LogP contribution >= 0.6 is 0 Å². The van der Waals surface area contributed by atoms with Gasteiger partial charge in [-0.15, -0.1) is 0 Å². The molecule has 1 fully saturated rings. The van der Waals surface area contributed by atoms with E-state index in [1.54, 1.807) is 12.1 Å². The molecular formula is C13H17FN2O2. The molecule has 1 heterocycles. The minimum Gasteiger partial charge on any atom is -0.392 e. The molecule has 1 amide bonds. The van der Waals surface area contributed by atoms with Crippen LogP contribution in [0, 0.1) is 5.82 Å². The number of aliphatic hydroxyl groups is 1. The van der Waals surface area contributed by atoms with Gasteiger partial charge < -0.3 is 10.4 Å². The molecule has 2 rings (SSSR count). The lowest BCUT2D eigenvalue weighted by molar-refractivity contribution is -0.122. The van der Waals surface area contributed by atoms with Crippen LogP contribution in [0.3, 0.4) is 0 Å². The van der Waals surface area contributed by atoms with Gasteiger partial charge in [0.15, 0.2) is 0 Å². The molecule has 0 radical (unpaired) electrons. The predicted molar refractivity (Wildman–Crippen MR) is 65.3 cm³/mol. The summed E-state index contributed by atoms with van der Waals surface area (Å²) >= 11 is 0. The molecule has 1 saturated heterocycles. The third-order valence-corrected chi connectivity index (χ3v) is 3.02. The van der Waals surface area contributed by atoms with Gasteiger partial charge in [-0.05, 0) is 24.1 Å². The van der Waals surface area contributed by atoms with Crippen LogP contribution in [0.1, 0.15) is 12.0 Å². The number of hydrogen-bond acceptors (Lipinski definition) is 3. The number of rotatable bonds is 4. The lowest BCUT2D eigenvalue weighted by atomic mass is 10.2. The van der Waals surface area contributed by atoms with Gasteiger partial charge in [0.2, 0.25) is 5.91 Å². The number of hydrogen-bond donors (Lipinski definition) is 2. The van der Waals surface area contributed by atoms with Gasteiger partial charge in [0.1, 0.15) is 5.82 Å². The number of aliphatic hydroxyl groups excluding tert-OH is 1. The van der Waals surface area contributed by atoms with Gasteiger partial charge in [-0.2, -0.15) is 0 Å². The second kappa shape index (κ2) is 5.93. The van der Waals surface area contributed by atoms with Crippen molar-refractivity contribution >= 4 is 5.91 Å². The maximum Gasteiger partial charge on any atom is 0.234 e. The Hall–Kier alpha value is -1.46. The van der Waals surface area contributed by atoms with E-state index in [4.69, 9.17) is 0 Å². The van der Waals surface area contributed by atoms with Crippen molar-refractivity contribution in [2.45, 2.75) is 19.1 Å². The Morgan fingerprint density at radius 3 is 2.78 bits per heavy atom. The molecule has 98 valence electrons. The summed E-state index contributed by atoms with van der Waals surface area (Å²) in [6.07, 6.45) is 0.417. The summed E-state index contributed by atoms with van der Waals surface area (Å²) < 4.78 is 12.7. The molecule has 0 aliphatic carbocycles. The van der Waals surface area contributed by atoms with Crippen LogP contribution in [0.5, 0.6) is 0 Å². The van der Waals surface area contributed by atoms with Gasteiger partial charge in [0.05, 0.1) is 12.6 Å². The average Bonchev–Trinajstić information content (AvgIpc) is 2.74. The van der Waals surface area contributed by atoms with Crippen molar-refractivity contribution in [3.63, 3.8) is 0 Å². The Morgan fingerprint density at radius 2 is 2.17 bits per heavy atom. The van der Waals surface area contributed by atoms with Crippen molar-refractivity contribution in [3.8, 4) is 0 Å². The average molecular weight is 252 g/mol. The molecule has 1 atom stereocenters. The maximum absolute atomic E-state index is 12.7. The first-order valence-corrected chi connectivity index (χ1v) is 6.05. The molecule has 1 aliphatic heterocycles. The van der Waals surface area contributed by atoms with E-state index in [0.717, 1.165) is 18.5 Å². The Balaban J connectivity index is 1.73. The molecule has 0 bridgehead atoms. The molecular weight excluding hydrogens is 235 g/mol. The number of halogens is 1. The van der Waals surface area contributed by atoms with Gasteiger partial charge >= 0.3 is 0 Å². The van der Waals surface area contributed by atoms with E-state index >= 15 is 0 Å². The third-order valence-electron chi connectivity index (χ3n) is 3.02. The topological polar surface area (TPSA) is 52.6 Å². The number of β-amino-alcohol motifs (C(OH)–C–C–N with tert-alkyl or cyclic N) is 1. The minimum atomic E-state index is -0.310. The number of likely N-dealkylation sites (tertiary alicyclic amines) is 1. The highest BCUT2D eigenvalue weighted by molar-refractivity contribution is 5.78. The summed E-state index contributed by atoms with van der Waals surface area (Å²) in [6.45, 7) is 2.02. The lowest BCUT2D eigenvalue weighted by Crippen LogP contribution is -2.36. The highest BCUT2D eigenvalue weighted by Gasteiger charge is 2.21. The predicted octanol–water partition coefficient (Wildman–Crippen LogP) is 0.508.